The van der Waals surface area contributed by atoms with Crippen molar-refractivity contribution in [3.05, 3.63) is 71.3 Å². The van der Waals surface area contributed by atoms with Crippen LogP contribution in [0, 0.1) is 5.92 Å². The first-order valence-corrected chi connectivity index (χ1v) is 13.4. The Morgan fingerprint density at radius 3 is 2.02 bits per heavy atom. The highest BCUT2D eigenvalue weighted by atomic mass is 16.4. The van der Waals surface area contributed by atoms with Crippen LogP contribution in [0.5, 0.6) is 0 Å². The van der Waals surface area contributed by atoms with E-state index >= 15 is 0 Å². The standard InChI is InChI=1S/C29H38N6O7/c1-17(2)11-23(29(41)42)35-28(40)22(14-18-7-4-3-5-8-18)34-25(37)16-32-24(36)15-33-27(39)21(30)13-19-9-6-10-20(12-19)26(31)38/h3-10,12,17,21-23H,11,13-16,30H2,1-2H3,(H2,31,38)(H,32,36)(H,33,39)(H,34,37)(H,35,40)(H,41,42). The minimum absolute atomic E-state index is 0.00634. The summed E-state index contributed by atoms with van der Waals surface area (Å²) >= 11 is 0. The fourth-order valence-electron chi connectivity index (χ4n) is 4.01. The summed E-state index contributed by atoms with van der Waals surface area (Å²) in [5.41, 5.74) is 12.8. The Morgan fingerprint density at radius 2 is 1.40 bits per heavy atom. The van der Waals surface area contributed by atoms with Crippen LogP contribution in [-0.2, 0) is 36.8 Å². The van der Waals surface area contributed by atoms with Crippen LogP contribution in [0.4, 0.5) is 0 Å². The van der Waals surface area contributed by atoms with E-state index in [1.54, 1.807) is 42.5 Å². The molecule has 0 aliphatic heterocycles. The van der Waals surface area contributed by atoms with Gasteiger partial charge in [-0.05, 0) is 42.0 Å². The molecule has 13 heteroatoms. The van der Waals surface area contributed by atoms with Crippen molar-refractivity contribution in [2.24, 2.45) is 17.4 Å². The lowest BCUT2D eigenvalue weighted by Gasteiger charge is -2.22. The van der Waals surface area contributed by atoms with E-state index in [2.05, 4.69) is 21.3 Å². The van der Waals surface area contributed by atoms with Gasteiger partial charge in [0, 0.05) is 12.0 Å². The summed E-state index contributed by atoms with van der Waals surface area (Å²) in [6.45, 7) is 2.71. The molecule has 2 aromatic carbocycles. The van der Waals surface area contributed by atoms with Crippen LogP contribution in [-0.4, -0.2) is 71.8 Å². The summed E-state index contributed by atoms with van der Waals surface area (Å²) < 4.78 is 0. The molecule has 3 atom stereocenters. The molecule has 0 bridgehead atoms. The quantitative estimate of drug-likeness (QED) is 0.133. The van der Waals surface area contributed by atoms with Crippen LogP contribution in [0.15, 0.2) is 54.6 Å². The smallest absolute Gasteiger partial charge is 0.326 e. The molecule has 226 valence electrons. The molecular formula is C29H38N6O7. The zero-order valence-corrected chi connectivity index (χ0v) is 23.6. The molecule has 13 nitrogen and oxygen atoms in total. The van der Waals surface area contributed by atoms with Crippen molar-refractivity contribution in [2.75, 3.05) is 13.1 Å². The number of nitrogens with one attached hydrogen (secondary N) is 4. The van der Waals surface area contributed by atoms with Gasteiger partial charge in [0.25, 0.3) is 0 Å². The third-order valence-corrected chi connectivity index (χ3v) is 6.13. The molecule has 0 saturated carbocycles. The van der Waals surface area contributed by atoms with Gasteiger partial charge in [0.05, 0.1) is 19.1 Å². The summed E-state index contributed by atoms with van der Waals surface area (Å²) in [4.78, 5) is 73.1. The molecule has 2 rings (SSSR count). The molecule has 9 N–H and O–H groups in total. The van der Waals surface area contributed by atoms with E-state index < -0.39 is 66.7 Å². The molecule has 0 saturated heterocycles. The number of benzene rings is 2. The minimum atomic E-state index is -1.19. The van der Waals surface area contributed by atoms with E-state index in [0.29, 0.717) is 5.56 Å². The van der Waals surface area contributed by atoms with E-state index in [1.807, 2.05) is 13.8 Å². The zero-order valence-electron chi connectivity index (χ0n) is 23.6. The SMILES string of the molecule is CC(C)CC(NC(=O)C(Cc1ccccc1)NC(=O)CNC(=O)CNC(=O)C(N)Cc1cccc(C(N)=O)c1)C(=O)O. The minimum Gasteiger partial charge on any atom is -0.480 e. The van der Waals surface area contributed by atoms with Gasteiger partial charge in [-0.3, -0.25) is 24.0 Å². The third kappa shape index (κ3) is 11.8. The summed E-state index contributed by atoms with van der Waals surface area (Å²) in [7, 11) is 0. The number of rotatable bonds is 16. The van der Waals surface area contributed by atoms with Gasteiger partial charge in [0.1, 0.15) is 12.1 Å². The summed E-state index contributed by atoms with van der Waals surface area (Å²) in [5, 5.41) is 19.3. The number of carboxylic acids is 1. The Kier molecular flexibility index (Phi) is 13.1. The number of amides is 5. The van der Waals surface area contributed by atoms with Gasteiger partial charge in [-0.15, -0.1) is 0 Å². The fourth-order valence-corrected chi connectivity index (χ4v) is 4.01. The lowest BCUT2D eigenvalue weighted by atomic mass is 10.0. The largest absolute Gasteiger partial charge is 0.480 e. The summed E-state index contributed by atoms with van der Waals surface area (Å²) in [6, 6.07) is 12.0. The van der Waals surface area contributed by atoms with Crippen molar-refractivity contribution in [1.82, 2.24) is 21.3 Å². The average Bonchev–Trinajstić information content (AvgIpc) is 2.94. The van der Waals surface area contributed by atoms with Gasteiger partial charge < -0.3 is 37.8 Å². The highest BCUT2D eigenvalue weighted by Gasteiger charge is 2.27. The van der Waals surface area contributed by atoms with Crippen LogP contribution in [0.1, 0.15) is 41.8 Å². The second-order valence-electron chi connectivity index (χ2n) is 10.2. The van der Waals surface area contributed by atoms with E-state index in [-0.39, 0.29) is 30.7 Å². The number of carbonyl (C=O) groups is 6. The number of carboxylic acid groups (broad SMARTS) is 1. The molecule has 42 heavy (non-hydrogen) atoms. The van der Waals surface area contributed by atoms with E-state index in [4.69, 9.17) is 11.5 Å². The maximum absolute atomic E-state index is 13.0. The molecule has 3 unspecified atom stereocenters. The van der Waals surface area contributed by atoms with Crippen LogP contribution in [0.25, 0.3) is 0 Å². The monoisotopic (exact) mass is 582 g/mol. The number of carbonyl (C=O) groups excluding carboxylic acids is 5. The lowest BCUT2D eigenvalue weighted by molar-refractivity contribution is -0.142. The van der Waals surface area contributed by atoms with Gasteiger partial charge in [0.2, 0.25) is 29.5 Å². The molecule has 2 aromatic rings. The van der Waals surface area contributed by atoms with Crippen molar-refractivity contribution >= 4 is 35.5 Å². The first-order valence-electron chi connectivity index (χ1n) is 13.4. The summed E-state index contributed by atoms with van der Waals surface area (Å²) in [5.74, 6) is -4.44. The van der Waals surface area contributed by atoms with Gasteiger partial charge in [0.15, 0.2) is 0 Å². The second-order valence-corrected chi connectivity index (χ2v) is 10.2. The van der Waals surface area contributed by atoms with Crippen LogP contribution in [0.2, 0.25) is 0 Å². The van der Waals surface area contributed by atoms with Crippen LogP contribution >= 0.6 is 0 Å². The number of aliphatic carboxylic acids is 1. The zero-order chi connectivity index (χ0) is 31.2. The molecular weight excluding hydrogens is 544 g/mol. The Morgan fingerprint density at radius 1 is 0.762 bits per heavy atom. The third-order valence-electron chi connectivity index (χ3n) is 6.13. The maximum Gasteiger partial charge on any atom is 0.326 e. The molecule has 0 heterocycles. The number of hydrogen-bond donors (Lipinski definition) is 7. The topological polar surface area (TPSA) is 223 Å². The Balaban J connectivity index is 1.90. The van der Waals surface area contributed by atoms with Crippen molar-refractivity contribution in [2.45, 2.75) is 51.2 Å². The van der Waals surface area contributed by atoms with E-state index in [0.717, 1.165) is 5.56 Å². The van der Waals surface area contributed by atoms with Crippen molar-refractivity contribution in [3.8, 4) is 0 Å². The maximum atomic E-state index is 13.0. The number of primary amides is 1. The molecule has 5 amide bonds. The molecule has 0 fully saturated rings. The van der Waals surface area contributed by atoms with E-state index in [9.17, 15) is 33.9 Å². The molecule has 0 aliphatic carbocycles. The molecule has 0 spiro atoms. The van der Waals surface area contributed by atoms with Crippen LogP contribution in [0.3, 0.4) is 0 Å². The number of nitrogens with two attached hydrogens (primary N) is 2. The first-order chi connectivity index (χ1) is 19.8. The second kappa shape index (κ2) is 16.5. The van der Waals surface area contributed by atoms with Gasteiger partial charge in [-0.1, -0.05) is 56.3 Å². The van der Waals surface area contributed by atoms with Gasteiger partial charge in [-0.2, -0.15) is 0 Å². The Hall–Kier alpha value is -4.78. The molecule has 0 radical (unpaired) electrons. The van der Waals surface area contributed by atoms with Crippen molar-refractivity contribution in [1.29, 1.82) is 0 Å². The van der Waals surface area contributed by atoms with Crippen LogP contribution < -0.4 is 32.7 Å². The van der Waals surface area contributed by atoms with Crippen molar-refractivity contribution in [3.63, 3.8) is 0 Å². The van der Waals surface area contributed by atoms with E-state index in [1.165, 1.54) is 12.1 Å². The predicted molar refractivity (Wildman–Crippen MR) is 154 cm³/mol. The Bertz CT molecular complexity index is 1270. The normalized spacial score (nSPS) is 12.9. The Labute approximate surface area is 243 Å². The number of hydrogen-bond acceptors (Lipinski definition) is 7. The highest BCUT2D eigenvalue weighted by Crippen LogP contribution is 2.09. The summed E-state index contributed by atoms with van der Waals surface area (Å²) in [6.07, 6.45) is 0.399. The fraction of sp³-hybridized carbons (Fsp3) is 0.379. The van der Waals surface area contributed by atoms with Gasteiger partial charge >= 0.3 is 5.97 Å². The predicted octanol–water partition coefficient (Wildman–Crippen LogP) is -0.769. The highest BCUT2D eigenvalue weighted by molar-refractivity contribution is 5.94. The average molecular weight is 583 g/mol. The lowest BCUT2D eigenvalue weighted by Crippen LogP contribution is -2.54. The van der Waals surface area contributed by atoms with Crippen molar-refractivity contribution < 1.29 is 33.9 Å². The molecule has 0 aromatic heterocycles. The van der Waals surface area contributed by atoms with Gasteiger partial charge in [-0.25, -0.2) is 4.79 Å². The first kappa shape index (κ1) is 33.4. The molecule has 0 aliphatic rings.